The lowest BCUT2D eigenvalue weighted by atomic mass is 10.2. The number of rotatable bonds is 5. The summed E-state index contributed by atoms with van der Waals surface area (Å²) in [6.07, 6.45) is 3.71. The average molecular weight is 208 g/mol. The predicted octanol–water partition coefficient (Wildman–Crippen LogP) is 1.14. The molecule has 1 aromatic heterocycles. The van der Waals surface area contributed by atoms with Crippen molar-refractivity contribution in [3.8, 4) is 0 Å². The van der Waals surface area contributed by atoms with Crippen LogP contribution in [0, 0.1) is 0 Å². The van der Waals surface area contributed by atoms with Gasteiger partial charge in [-0.2, -0.15) is 0 Å². The van der Waals surface area contributed by atoms with Crippen LogP contribution in [0.15, 0.2) is 35.5 Å². The van der Waals surface area contributed by atoms with E-state index in [0.717, 1.165) is 5.76 Å². The molecule has 1 atom stereocenters. The zero-order chi connectivity index (χ0) is 11.3. The Hall–Kier alpha value is -1.55. The van der Waals surface area contributed by atoms with Crippen molar-refractivity contribution in [2.45, 2.75) is 19.0 Å². The van der Waals surface area contributed by atoms with E-state index in [0.29, 0.717) is 13.0 Å². The summed E-state index contributed by atoms with van der Waals surface area (Å²) in [4.78, 5) is 13.2. The first kappa shape index (κ1) is 11.5. The van der Waals surface area contributed by atoms with Crippen LogP contribution in [-0.2, 0) is 11.3 Å². The van der Waals surface area contributed by atoms with Gasteiger partial charge in [0.25, 0.3) is 0 Å². The van der Waals surface area contributed by atoms with Gasteiger partial charge in [0.2, 0.25) is 5.91 Å². The Bertz CT molecular complexity index is 319. The van der Waals surface area contributed by atoms with Gasteiger partial charge in [0.1, 0.15) is 5.76 Å². The first-order chi connectivity index (χ1) is 7.15. The Labute approximate surface area is 89.4 Å². The van der Waals surface area contributed by atoms with E-state index in [9.17, 15) is 4.79 Å². The molecule has 0 aromatic carbocycles. The monoisotopic (exact) mass is 208 g/mol. The molecule has 0 saturated carbocycles. The van der Waals surface area contributed by atoms with Gasteiger partial charge in [-0.05, 0) is 18.6 Å². The van der Waals surface area contributed by atoms with Gasteiger partial charge in [-0.1, -0.05) is 6.08 Å². The smallest absolute Gasteiger partial charge is 0.239 e. The summed E-state index contributed by atoms with van der Waals surface area (Å²) in [6.45, 7) is 3.99. The van der Waals surface area contributed by atoms with Crippen molar-refractivity contribution in [3.05, 3.63) is 36.8 Å². The maximum atomic E-state index is 11.7. The molecule has 82 valence electrons. The SMILES string of the molecule is C=CCC(N)C(=O)N(C)Cc1ccco1. The van der Waals surface area contributed by atoms with Crippen LogP contribution in [0.5, 0.6) is 0 Å². The van der Waals surface area contributed by atoms with Crippen LogP contribution >= 0.6 is 0 Å². The molecule has 0 fully saturated rings. The van der Waals surface area contributed by atoms with E-state index in [1.54, 1.807) is 30.4 Å². The zero-order valence-corrected chi connectivity index (χ0v) is 8.85. The van der Waals surface area contributed by atoms with Crippen LogP contribution in [0.25, 0.3) is 0 Å². The minimum Gasteiger partial charge on any atom is -0.467 e. The minimum absolute atomic E-state index is 0.105. The van der Waals surface area contributed by atoms with Crippen LogP contribution < -0.4 is 5.73 Å². The van der Waals surface area contributed by atoms with Crippen LogP contribution in [0.3, 0.4) is 0 Å². The molecule has 0 spiro atoms. The lowest BCUT2D eigenvalue weighted by molar-refractivity contribution is -0.131. The quantitative estimate of drug-likeness (QED) is 0.738. The Morgan fingerprint density at radius 1 is 1.80 bits per heavy atom. The number of amides is 1. The van der Waals surface area contributed by atoms with Gasteiger partial charge in [-0.25, -0.2) is 0 Å². The maximum Gasteiger partial charge on any atom is 0.239 e. The van der Waals surface area contributed by atoms with Crippen molar-refractivity contribution >= 4 is 5.91 Å². The standard InChI is InChI=1S/C11H16N2O2/c1-3-5-10(12)11(14)13(2)8-9-6-4-7-15-9/h3-4,6-7,10H,1,5,8,12H2,2H3. The van der Waals surface area contributed by atoms with Gasteiger partial charge in [0.05, 0.1) is 18.8 Å². The molecular formula is C11H16N2O2. The first-order valence-electron chi connectivity index (χ1n) is 4.79. The second-order valence-electron chi connectivity index (χ2n) is 3.40. The lowest BCUT2D eigenvalue weighted by Crippen LogP contribution is -2.40. The first-order valence-corrected chi connectivity index (χ1v) is 4.79. The van der Waals surface area contributed by atoms with Gasteiger partial charge in [-0.15, -0.1) is 6.58 Å². The van der Waals surface area contributed by atoms with Crippen molar-refractivity contribution in [3.63, 3.8) is 0 Å². The zero-order valence-electron chi connectivity index (χ0n) is 8.85. The molecule has 0 radical (unpaired) electrons. The third kappa shape index (κ3) is 3.25. The van der Waals surface area contributed by atoms with E-state index < -0.39 is 6.04 Å². The summed E-state index contributed by atoms with van der Waals surface area (Å²) in [5.41, 5.74) is 5.66. The van der Waals surface area contributed by atoms with E-state index in [4.69, 9.17) is 10.2 Å². The summed E-state index contributed by atoms with van der Waals surface area (Å²) < 4.78 is 5.14. The minimum atomic E-state index is -0.512. The van der Waals surface area contributed by atoms with Crippen LogP contribution in [0.4, 0.5) is 0 Å². The van der Waals surface area contributed by atoms with E-state index in [-0.39, 0.29) is 5.91 Å². The van der Waals surface area contributed by atoms with Crippen molar-refractivity contribution in [2.75, 3.05) is 7.05 Å². The number of furan rings is 1. The summed E-state index contributed by atoms with van der Waals surface area (Å²) in [5, 5.41) is 0. The summed E-state index contributed by atoms with van der Waals surface area (Å²) in [7, 11) is 1.70. The van der Waals surface area contributed by atoms with Gasteiger partial charge >= 0.3 is 0 Å². The number of likely N-dealkylation sites (N-methyl/N-ethyl adjacent to an activating group) is 1. The van der Waals surface area contributed by atoms with E-state index in [2.05, 4.69) is 6.58 Å². The fourth-order valence-corrected chi connectivity index (χ4v) is 1.28. The van der Waals surface area contributed by atoms with Crippen molar-refractivity contribution in [2.24, 2.45) is 5.73 Å². The number of carbonyl (C=O) groups is 1. The van der Waals surface area contributed by atoms with Gasteiger partial charge in [0, 0.05) is 7.05 Å². The van der Waals surface area contributed by atoms with Crippen LogP contribution in [0.1, 0.15) is 12.2 Å². The van der Waals surface area contributed by atoms with Gasteiger partial charge < -0.3 is 15.1 Å². The number of nitrogens with two attached hydrogens (primary N) is 1. The highest BCUT2D eigenvalue weighted by atomic mass is 16.3. The largest absolute Gasteiger partial charge is 0.467 e. The summed E-state index contributed by atoms with van der Waals surface area (Å²) in [6, 6.07) is 3.10. The Balaban J connectivity index is 2.49. The summed E-state index contributed by atoms with van der Waals surface area (Å²) >= 11 is 0. The highest BCUT2D eigenvalue weighted by Gasteiger charge is 2.17. The van der Waals surface area contributed by atoms with Crippen LogP contribution in [-0.4, -0.2) is 23.9 Å². The second-order valence-corrected chi connectivity index (χ2v) is 3.40. The Morgan fingerprint density at radius 2 is 2.53 bits per heavy atom. The molecule has 2 N–H and O–H groups in total. The van der Waals surface area contributed by atoms with E-state index in [1.807, 2.05) is 6.07 Å². The fraction of sp³-hybridized carbons (Fsp3) is 0.364. The van der Waals surface area contributed by atoms with E-state index in [1.165, 1.54) is 0 Å². The Kier molecular flexibility index (Phi) is 4.12. The normalized spacial score (nSPS) is 12.1. The molecule has 0 bridgehead atoms. The van der Waals surface area contributed by atoms with Crippen LogP contribution in [0.2, 0.25) is 0 Å². The van der Waals surface area contributed by atoms with E-state index >= 15 is 0 Å². The molecule has 1 rings (SSSR count). The highest BCUT2D eigenvalue weighted by molar-refractivity contribution is 5.81. The molecular weight excluding hydrogens is 192 g/mol. The molecule has 15 heavy (non-hydrogen) atoms. The molecule has 0 saturated heterocycles. The Morgan fingerprint density at radius 3 is 3.07 bits per heavy atom. The fourth-order valence-electron chi connectivity index (χ4n) is 1.28. The topological polar surface area (TPSA) is 59.5 Å². The molecule has 1 heterocycles. The van der Waals surface area contributed by atoms with Crippen molar-refractivity contribution < 1.29 is 9.21 Å². The predicted molar refractivity (Wildman–Crippen MR) is 58.0 cm³/mol. The number of carbonyl (C=O) groups excluding carboxylic acids is 1. The molecule has 4 nitrogen and oxygen atoms in total. The second kappa shape index (κ2) is 5.36. The van der Waals surface area contributed by atoms with Crippen molar-refractivity contribution in [1.29, 1.82) is 0 Å². The molecule has 0 aliphatic carbocycles. The number of nitrogens with zero attached hydrogens (tertiary/aromatic N) is 1. The molecule has 1 aromatic rings. The molecule has 1 unspecified atom stereocenters. The molecule has 1 amide bonds. The third-order valence-corrected chi connectivity index (χ3v) is 2.09. The molecule has 0 aliphatic heterocycles. The maximum absolute atomic E-state index is 11.7. The number of hydrogen-bond acceptors (Lipinski definition) is 3. The molecule has 4 heteroatoms. The highest BCUT2D eigenvalue weighted by Crippen LogP contribution is 2.05. The summed E-state index contributed by atoms with van der Waals surface area (Å²) in [5.74, 6) is 0.642. The van der Waals surface area contributed by atoms with Crippen molar-refractivity contribution in [1.82, 2.24) is 4.90 Å². The molecule has 0 aliphatic rings. The lowest BCUT2D eigenvalue weighted by Gasteiger charge is -2.19. The van der Waals surface area contributed by atoms with Gasteiger partial charge in [-0.3, -0.25) is 4.79 Å². The third-order valence-electron chi connectivity index (χ3n) is 2.09. The van der Waals surface area contributed by atoms with Gasteiger partial charge in [0.15, 0.2) is 0 Å². The number of hydrogen-bond donors (Lipinski definition) is 1. The average Bonchev–Trinajstić information content (AvgIpc) is 2.69.